The van der Waals surface area contributed by atoms with E-state index in [0.29, 0.717) is 18.8 Å². The molecule has 0 spiro atoms. The standard InChI is InChI=1S/C14H23N3O3S/c1-13(2)8-17(9-14(3,4)20-13)11-5-10(15)6-12(7-11)21(16,18)19/h5-7H,8-9,15H2,1-4H3,(H2,16,18,19). The lowest BCUT2D eigenvalue weighted by atomic mass is 9.98. The van der Waals surface area contributed by atoms with Gasteiger partial charge in [0, 0.05) is 24.5 Å². The van der Waals surface area contributed by atoms with E-state index >= 15 is 0 Å². The minimum atomic E-state index is -3.78. The molecule has 2 rings (SSSR count). The van der Waals surface area contributed by atoms with E-state index < -0.39 is 10.0 Å². The van der Waals surface area contributed by atoms with Gasteiger partial charge in [-0.05, 0) is 45.9 Å². The van der Waals surface area contributed by atoms with E-state index in [1.54, 1.807) is 12.1 Å². The summed E-state index contributed by atoms with van der Waals surface area (Å²) in [6.07, 6.45) is 0. The second-order valence-corrected chi connectivity index (χ2v) is 8.34. The molecule has 1 heterocycles. The second-order valence-electron chi connectivity index (χ2n) is 6.78. The SMILES string of the molecule is CC1(C)CN(c2cc(N)cc(S(N)(=O)=O)c2)CC(C)(C)O1. The lowest BCUT2D eigenvalue weighted by Gasteiger charge is -2.48. The molecular weight excluding hydrogens is 290 g/mol. The summed E-state index contributed by atoms with van der Waals surface area (Å²) in [5.74, 6) is 0. The smallest absolute Gasteiger partial charge is 0.238 e. The lowest BCUT2D eigenvalue weighted by Crippen LogP contribution is -2.57. The van der Waals surface area contributed by atoms with Crippen LogP contribution in [0.3, 0.4) is 0 Å². The molecule has 0 bridgehead atoms. The van der Waals surface area contributed by atoms with Crippen molar-refractivity contribution in [1.29, 1.82) is 0 Å². The number of rotatable bonds is 2. The fraction of sp³-hybridized carbons (Fsp3) is 0.571. The average molecular weight is 313 g/mol. The summed E-state index contributed by atoms with van der Waals surface area (Å²) in [6.45, 7) is 9.32. The van der Waals surface area contributed by atoms with E-state index in [-0.39, 0.29) is 16.1 Å². The normalized spacial score (nSPS) is 21.3. The monoisotopic (exact) mass is 313 g/mol. The summed E-state index contributed by atoms with van der Waals surface area (Å²) in [7, 11) is -3.78. The molecule has 0 aliphatic carbocycles. The molecule has 1 aromatic rings. The lowest BCUT2D eigenvalue weighted by molar-refractivity contribution is -0.133. The Balaban J connectivity index is 2.44. The summed E-state index contributed by atoms with van der Waals surface area (Å²) in [5.41, 5.74) is 6.25. The van der Waals surface area contributed by atoms with Gasteiger partial charge in [-0.3, -0.25) is 0 Å². The van der Waals surface area contributed by atoms with Crippen LogP contribution in [0.4, 0.5) is 11.4 Å². The van der Waals surface area contributed by atoms with Crippen molar-refractivity contribution in [2.24, 2.45) is 5.14 Å². The molecule has 0 saturated carbocycles. The molecule has 0 unspecified atom stereocenters. The Bertz CT molecular complexity index is 637. The van der Waals surface area contributed by atoms with Gasteiger partial charge in [0.2, 0.25) is 10.0 Å². The second kappa shape index (κ2) is 4.86. The molecule has 21 heavy (non-hydrogen) atoms. The molecule has 4 N–H and O–H groups in total. The van der Waals surface area contributed by atoms with Gasteiger partial charge in [0.05, 0.1) is 16.1 Å². The molecule has 0 aromatic heterocycles. The van der Waals surface area contributed by atoms with Crippen molar-refractivity contribution >= 4 is 21.4 Å². The highest BCUT2D eigenvalue weighted by molar-refractivity contribution is 7.89. The number of nitrogens with two attached hydrogens (primary N) is 2. The zero-order valence-corrected chi connectivity index (χ0v) is 13.7. The fourth-order valence-corrected chi connectivity index (χ4v) is 3.51. The van der Waals surface area contributed by atoms with Crippen LogP contribution in [-0.2, 0) is 14.8 Å². The van der Waals surface area contributed by atoms with Gasteiger partial charge in [0.25, 0.3) is 0 Å². The summed E-state index contributed by atoms with van der Waals surface area (Å²) < 4.78 is 29.1. The zero-order valence-electron chi connectivity index (χ0n) is 12.9. The molecule has 7 heteroatoms. The molecule has 6 nitrogen and oxygen atoms in total. The first kappa shape index (κ1) is 16.1. The van der Waals surface area contributed by atoms with Crippen molar-refractivity contribution in [2.45, 2.75) is 43.8 Å². The Hall–Kier alpha value is -1.31. The van der Waals surface area contributed by atoms with Crippen molar-refractivity contribution in [2.75, 3.05) is 23.7 Å². The average Bonchev–Trinajstić information content (AvgIpc) is 2.22. The highest BCUT2D eigenvalue weighted by Gasteiger charge is 2.38. The van der Waals surface area contributed by atoms with E-state index in [1.165, 1.54) is 6.07 Å². The van der Waals surface area contributed by atoms with Crippen molar-refractivity contribution < 1.29 is 13.2 Å². The van der Waals surface area contributed by atoms with E-state index in [1.807, 2.05) is 27.7 Å². The maximum atomic E-state index is 11.6. The number of nitrogen functional groups attached to an aromatic ring is 1. The van der Waals surface area contributed by atoms with E-state index in [9.17, 15) is 8.42 Å². The summed E-state index contributed by atoms with van der Waals surface area (Å²) in [6, 6.07) is 4.69. The van der Waals surface area contributed by atoms with Gasteiger partial charge in [-0.25, -0.2) is 13.6 Å². The summed E-state index contributed by atoms with van der Waals surface area (Å²) >= 11 is 0. The number of ether oxygens (including phenoxy) is 1. The third kappa shape index (κ3) is 3.87. The van der Waals surface area contributed by atoms with Crippen LogP contribution in [0.1, 0.15) is 27.7 Å². The first-order valence-corrected chi connectivity index (χ1v) is 8.31. The topological polar surface area (TPSA) is 98.6 Å². The first-order valence-electron chi connectivity index (χ1n) is 6.77. The Morgan fingerprint density at radius 1 is 1.10 bits per heavy atom. The molecular formula is C14H23N3O3S. The third-order valence-electron chi connectivity index (χ3n) is 3.30. The van der Waals surface area contributed by atoms with Crippen molar-refractivity contribution in [3.63, 3.8) is 0 Å². The van der Waals surface area contributed by atoms with Crippen molar-refractivity contribution in [3.05, 3.63) is 18.2 Å². The van der Waals surface area contributed by atoms with Crippen molar-refractivity contribution in [3.8, 4) is 0 Å². The van der Waals surface area contributed by atoms with E-state index in [4.69, 9.17) is 15.6 Å². The first-order chi connectivity index (χ1) is 9.38. The van der Waals surface area contributed by atoms with Gasteiger partial charge in [0.15, 0.2) is 0 Å². The predicted molar refractivity (Wildman–Crippen MR) is 83.7 cm³/mol. The van der Waals surface area contributed by atoms with Gasteiger partial charge >= 0.3 is 0 Å². The van der Waals surface area contributed by atoms with Crippen LogP contribution < -0.4 is 15.8 Å². The third-order valence-corrected chi connectivity index (χ3v) is 4.20. The van der Waals surface area contributed by atoms with E-state index in [0.717, 1.165) is 5.69 Å². The highest BCUT2D eigenvalue weighted by Crippen LogP contribution is 2.33. The van der Waals surface area contributed by atoms with Gasteiger partial charge in [-0.2, -0.15) is 0 Å². The van der Waals surface area contributed by atoms with Crippen LogP contribution in [0.2, 0.25) is 0 Å². The predicted octanol–water partition coefficient (Wildman–Crippen LogP) is 1.31. The Morgan fingerprint density at radius 2 is 1.62 bits per heavy atom. The maximum absolute atomic E-state index is 11.6. The number of sulfonamides is 1. The molecule has 1 aliphatic heterocycles. The van der Waals surface area contributed by atoms with Gasteiger partial charge < -0.3 is 15.4 Å². The van der Waals surface area contributed by atoms with Crippen molar-refractivity contribution in [1.82, 2.24) is 0 Å². The van der Waals surface area contributed by atoms with Crippen LogP contribution in [-0.4, -0.2) is 32.7 Å². The van der Waals surface area contributed by atoms with Crippen LogP contribution in [0.15, 0.2) is 23.1 Å². The van der Waals surface area contributed by atoms with Crippen LogP contribution in [0, 0.1) is 0 Å². The Labute approximate surface area is 126 Å². The molecule has 0 atom stereocenters. The molecule has 0 radical (unpaired) electrons. The molecule has 0 amide bonds. The minimum absolute atomic E-state index is 0.0274. The van der Waals surface area contributed by atoms with Gasteiger partial charge in [-0.1, -0.05) is 0 Å². The molecule has 1 fully saturated rings. The Morgan fingerprint density at radius 3 is 2.10 bits per heavy atom. The maximum Gasteiger partial charge on any atom is 0.238 e. The molecule has 118 valence electrons. The molecule has 1 saturated heterocycles. The van der Waals surface area contributed by atoms with Crippen LogP contribution in [0.25, 0.3) is 0 Å². The quantitative estimate of drug-likeness (QED) is 0.802. The van der Waals surface area contributed by atoms with Gasteiger partial charge in [0.1, 0.15) is 0 Å². The van der Waals surface area contributed by atoms with Crippen LogP contribution in [0.5, 0.6) is 0 Å². The Kier molecular flexibility index (Phi) is 3.72. The largest absolute Gasteiger partial charge is 0.399 e. The van der Waals surface area contributed by atoms with E-state index in [2.05, 4.69) is 4.90 Å². The number of anilines is 2. The zero-order chi connectivity index (χ0) is 16.1. The minimum Gasteiger partial charge on any atom is -0.399 e. The number of morpholine rings is 1. The highest BCUT2D eigenvalue weighted by atomic mass is 32.2. The molecule has 1 aromatic carbocycles. The van der Waals surface area contributed by atoms with Gasteiger partial charge in [-0.15, -0.1) is 0 Å². The number of benzene rings is 1. The summed E-state index contributed by atoms with van der Waals surface area (Å²) in [4.78, 5) is 2.11. The number of hydrogen-bond acceptors (Lipinski definition) is 5. The number of hydrogen-bond donors (Lipinski definition) is 2. The molecule has 1 aliphatic rings. The summed E-state index contributed by atoms with van der Waals surface area (Å²) in [5, 5.41) is 5.20. The van der Waals surface area contributed by atoms with Crippen LogP contribution >= 0.6 is 0 Å². The fourth-order valence-electron chi connectivity index (χ4n) is 2.92. The number of primary sulfonamides is 1. The number of nitrogens with zero attached hydrogens (tertiary/aromatic N) is 1.